The van der Waals surface area contributed by atoms with Crippen molar-refractivity contribution in [1.29, 1.82) is 0 Å². The molecule has 2 rings (SSSR count). The first-order valence-corrected chi connectivity index (χ1v) is 11.5. The Bertz CT molecular complexity index is 663. The molecule has 1 aromatic rings. The second-order valence-corrected chi connectivity index (χ2v) is 9.06. The fraction of sp³-hybridized carbons (Fsp3) is 0.708. The highest BCUT2D eigenvalue weighted by atomic mass is 16.7. The largest absolute Gasteiger partial charge is 0.499 e. The lowest BCUT2D eigenvalue weighted by Crippen LogP contribution is -2.41. The summed E-state index contributed by atoms with van der Waals surface area (Å²) in [5.41, 5.74) is 0.0742. The number of ether oxygens (including phenoxy) is 3. The SMILES string of the molecule is CCCCOCC(COCCCC)Oc1cccc(C=O)c1B1OC(C)(C)C(C)(C)O1. The van der Waals surface area contributed by atoms with Crippen molar-refractivity contribution >= 4 is 18.9 Å². The predicted octanol–water partition coefficient (Wildman–Crippen LogP) is 4.18. The van der Waals surface area contributed by atoms with Crippen molar-refractivity contribution < 1.29 is 28.3 Å². The number of benzene rings is 1. The van der Waals surface area contributed by atoms with Gasteiger partial charge in [0.05, 0.1) is 24.4 Å². The minimum absolute atomic E-state index is 0.295. The van der Waals surface area contributed by atoms with Crippen molar-refractivity contribution in [3.05, 3.63) is 23.8 Å². The zero-order valence-electron chi connectivity index (χ0n) is 20.1. The summed E-state index contributed by atoms with van der Waals surface area (Å²) in [6, 6.07) is 5.41. The van der Waals surface area contributed by atoms with Gasteiger partial charge in [-0.3, -0.25) is 4.79 Å². The van der Waals surface area contributed by atoms with E-state index in [-0.39, 0.29) is 6.10 Å². The highest BCUT2D eigenvalue weighted by Gasteiger charge is 2.53. The maximum atomic E-state index is 11.8. The van der Waals surface area contributed by atoms with Crippen LogP contribution in [0.1, 0.15) is 77.6 Å². The molecule has 0 spiro atoms. The van der Waals surface area contributed by atoms with Crippen LogP contribution in [0.3, 0.4) is 0 Å². The molecule has 6 nitrogen and oxygen atoms in total. The maximum absolute atomic E-state index is 11.8. The number of hydrogen-bond acceptors (Lipinski definition) is 6. The van der Waals surface area contributed by atoms with Crippen molar-refractivity contribution in [1.82, 2.24) is 0 Å². The summed E-state index contributed by atoms with van der Waals surface area (Å²) in [5.74, 6) is 0.561. The van der Waals surface area contributed by atoms with Crippen LogP contribution in [0.25, 0.3) is 0 Å². The van der Waals surface area contributed by atoms with Gasteiger partial charge in [0, 0.05) is 24.2 Å². The fourth-order valence-corrected chi connectivity index (χ4v) is 3.20. The van der Waals surface area contributed by atoms with Crippen LogP contribution in [0.5, 0.6) is 5.75 Å². The van der Waals surface area contributed by atoms with E-state index in [2.05, 4.69) is 13.8 Å². The first-order valence-electron chi connectivity index (χ1n) is 11.5. The lowest BCUT2D eigenvalue weighted by atomic mass is 9.75. The Kier molecular flexibility index (Phi) is 10.0. The molecule has 31 heavy (non-hydrogen) atoms. The van der Waals surface area contributed by atoms with E-state index in [1.165, 1.54) is 0 Å². The van der Waals surface area contributed by atoms with Crippen LogP contribution < -0.4 is 10.2 Å². The summed E-state index contributed by atoms with van der Waals surface area (Å²) in [6.45, 7) is 14.4. The normalized spacial score (nSPS) is 17.3. The first kappa shape index (κ1) is 25.9. The van der Waals surface area contributed by atoms with Gasteiger partial charge in [-0.25, -0.2) is 0 Å². The zero-order chi connectivity index (χ0) is 22.9. The zero-order valence-corrected chi connectivity index (χ0v) is 20.1. The van der Waals surface area contributed by atoms with Crippen molar-refractivity contribution in [2.75, 3.05) is 26.4 Å². The second kappa shape index (κ2) is 12.0. The topological polar surface area (TPSA) is 63.2 Å². The molecule has 0 radical (unpaired) electrons. The van der Waals surface area contributed by atoms with Crippen molar-refractivity contribution in [3.8, 4) is 5.75 Å². The van der Waals surface area contributed by atoms with E-state index in [0.29, 0.717) is 43.2 Å². The van der Waals surface area contributed by atoms with Gasteiger partial charge in [-0.2, -0.15) is 0 Å². The number of carbonyl (C=O) groups excluding carboxylic acids is 1. The van der Waals surface area contributed by atoms with Gasteiger partial charge >= 0.3 is 7.12 Å². The molecule has 0 atom stereocenters. The van der Waals surface area contributed by atoms with E-state index in [0.717, 1.165) is 32.0 Å². The third kappa shape index (κ3) is 7.04. The number of unbranched alkanes of at least 4 members (excludes halogenated alkanes) is 2. The molecule has 0 unspecified atom stereocenters. The molecular weight excluding hydrogens is 395 g/mol. The molecule has 1 heterocycles. The Labute approximate surface area is 188 Å². The van der Waals surface area contributed by atoms with Crippen LogP contribution in [0, 0.1) is 0 Å². The Morgan fingerprint density at radius 1 is 0.968 bits per heavy atom. The Morgan fingerprint density at radius 2 is 1.52 bits per heavy atom. The summed E-state index contributed by atoms with van der Waals surface area (Å²) in [7, 11) is -0.691. The van der Waals surface area contributed by atoms with E-state index < -0.39 is 18.3 Å². The number of rotatable bonds is 14. The molecule has 7 heteroatoms. The number of hydrogen-bond donors (Lipinski definition) is 0. The predicted molar refractivity (Wildman–Crippen MR) is 123 cm³/mol. The summed E-state index contributed by atoms with van der Waals surface area (Å²) < 4.78 is 30.4. The molecule has 0 aliphatic carbocycles. The molecule has 1 saturated heterocycles. The average Bonchev–Trinajstić information content (AvgIpc) is 2.94. The van der Waals surface area contributed by atoms with Crippen LogP contribution >= 0.6 is 0 Å². The van der Waals surface area contributed by atoms with Gasteiger partial charge < -0.3 is 23.5 Å². The quantitative estimate of drug-likeness (QED) is 0.249. The van der Waals surface area contributed by atoms with E-state index in [1.54, 1.807) is 12.1 Å². The summed E-state index contributed by atoms with van der Waals surface area (Å²) in [5, 5.41) is 0. The van der Waals surface area contributed by atoms with Gasteiger partial charge in [0.2, 0.25) is 0 Å². The van der Waals surface area contributed by atoms with Gasteiger partial charge in [0.25, 0.3) is 0 Å². The molecular formula is C24H39BO6. The fourth-order valence-electron chi connectivity index (χ4n) is 3.20. The average molecular weight is 434 g/mol. The van der Waals surface area contributed by atoms with Crippen LogP contribution in [0.4, 0.5) is 0 Å². The minimum atomic E-state index is -0.691. The molecule has 1 aliphatic rings. The Balaban J connectivity index is 2.22. The number of aldehydes is 1. The van der Waals surface area contributed by atoms with E-state index in [1.807, 2.05) is 33.8 Å². The molecule has 0 N–H and O–H groups in total. The van der Waals surface area contributed by atoms with Crippen molar-refractivity contribution in [2.45, 2.75) is 84.5 Å². The lowest BCUT2D eigenvalue weighted by Gasteiger charge is -2.32. The van der Waals surface area contributed by atoms with Gasteiger partial charge in [-0.05, 0) is 46.6 Å². The Morgan fingerprint density at radius 3 is 2.00 bits per heavy atom. The molecule has 0 aromatic heterocycles. The third-order valence-electron chi connectivity index (χ3n) is 5.90. The molecule has 1 aliphatic heterocycles. The van der Waals surface area contributed by atoms with E-state index in [9.17, 15) is 4.79 Å². The standard InChI is InChI=1S/C24H39BO6/c1-7-9-14-27-17-20(18-28-15-10-8-2)29-21-13-11-12-19(16-26)22(21)25-30-23(3,4)24(5,6)31-25/h11-13,16,20H,7-10,14-15,17-18H2,1-6H3. The van der Waals surface area contributed by atoms with E-state index >= 15 is 0 Å². The first-order chi connectivity index (χ1) is 14.8. The molecule has 1 aromatic carbocycles. The van der Waals surface area contributed by atoms with Crippen LogP contribution in [0.2, 0.25) is 0 Å². The molecule has 174 valence electrons. The summed E-state index contributed by atoms with van der Waals surface area (Å²) in [6.07, 6.45) is 4.68. The van der Waals surface area contributed by atoms with Gasteiger partial charge in [0.1, 0.15) is 18.1 Å². The van der Waals surface area contributed by atoms with Gasteiger partial charge in [-0.15, -0.1) is 0 Å². The molecule has 0 saturated carbocycles. The lowest BCUT2D eigenvalue weighted by molar-refractivity contribution is -0.00706. The van der Waals surface area contributed by atoms with Crippen LogP contribution in [-0.2, 0) is 18.8 Å². The minimum Gasteiger partial charge on any atom is -0.486 e. The van der Waals surface area contributed by atoms with Crippen molar-refractivity contribution in [2.24, 2.45) is 0 Å². The van der Waals surface area contributed by atoms with Crippen molar-refractivity contribution in [3.63, 3.8) is 0 Å². The smallest absolute Gasteiger partial charge is 0.486 e. The summed E-state index contributed by atoms with van der Waals surface area (Å²) in [4.78, 5) is 11.8. The maximum Gasteiger partial charge on any atom is 0.499 e. The third-order valence-corrected chi connectivity index (χ3v) is 5.90. The number of carbonyl (C=O) groups is 1. The molecule has 1 fully saturated rings. The Hall–Kier alpha value is -1.41. The van der Waals surface area contributed by atoms with E-state index in [4.69, 9.17) is 23.5 Å². The monoisotopic (exact) mass is 434 g/mol. The molecule has 0 bridgehead atoms. The summed E-state index contributed by atoms with van der Waals surface area (Å²) >= 11 is 0. The van der Waals surface area contributed by atoms with Crippen LogP contribution in [0.15, 0.2) is 18.2 Å². The highest BCUT2D eigenvalue weighted by molar-refractivity contribution is 6.64. The van der Waals surface area contributed by atoms with Crippen LogP contribution in [-0.4, -0.2) is 57.1 Å². The van der Waals surface area contributed by atoms with Gasteiger partial charge in [0.15, 0.2) is 0 Å². The van der Waals surface area contributed by atoms with Gasteiger partial charge in [-0.1, -0.05) is 38.8 Å². The second-order valence-electron chi connectivity index (χ2n) is 9.06. The highest BCUT2D eigenvalue weighted by Crippen LogP contribution is 2.37. The molecule has 0 amide bonds.